The minimum atomic E-state index is -2.25. The first-order valence-electron chi connectivity index (χ1n) is 11.2. The van der Waals surface area contributed by atoms with Gasteiger partial charge in [-0.1, -0.05) is 23.7 Å². The molecule has 0 amide bonds. The number of benzene rings is 2. The van der Waals surface area contributed by atoms with Crippen LogP contribution >= 0.6 is 11.6 Å². The van der Waals surface area contributed by atoms with Crippen molar-refractivity contribution < 1.29 is 23.0 Å². The smallest absolute Gasteiger partial charge is 0.258 e. The molecule has 9 heteroatoms. The first-order chi connectivity index (χ1) is 16.9. The third kappa shape index (κ3) is 2.41. The van der Waals surface area contributed by atoms with Crippen LogP contribution in [0.5, 0.6) is 5.75 Å². The minimum absolute atomic E-state index is 0.00346. The lowest BCUT2D eigenvalue weighted by Crippen LogP contribution is -2.49. The molecule has 0 spiro atoms. The Balaban J connectivity index is 1.67. The van der Waals surface area contributed by atoms with Crippen molar-refractivity contribution in [3.05, 3.63) is 116 Å². The van der Waals surface area contributed by atoms with Gasteiger partial charge in [-0.2, -0.15) is 0 Å². The summed E-state index contributed by atoms with van der Waals surface area (Å²) in [6.07, 6.45) is 2.71. The summed E-state index contributed by atoms with van der Waals surface area (Å²) in [6.45, 7) is 0.489. The fourth-order valence-corrected chi connectivity index (χ4v) is 6.20. The lowest BCUT2D eigenvalue weighted by Gasteiger charge is -2.39. The summed E-state index contributed by atoms with van der Waals surface area (Å²) in [6, 6.07) is 11.5. The second-order valence-electron chi connectivity index (χ2n) is 9.11. The molecule has 0 saturated heterocycles. The Morgan fingerprint density at radius 3 is 2.71 bits per heavy atom. The highest BCUT2D eigenvalue weighted by Crippen LogP contribution is 2.68. The average Bonchev–Trinajstić information content (AvgIpc) is 3.58. The van der Waals surface area contributed by atoms with Crippen LogP contribution in [-0.2, 0) is 24.2 Å². The van der Waals surface area contributed by atoms with Crippen LogP contribution in [-0.4, -0.2) is 14.7 Å². The van der Waals surface area contributed by atoms with E-state index >= 15 is 4.39 Å². The Morgan fingerprint density at radius 2 is 1.97 bits per heavy atom. The van der Waals surface area contributed by atoms with E-state index in [1.54, 1.807) is 41.0 Å². The van der Waals surface area contributed by atoms with Crippen molar-refractivity contribution in [1.29, 1.82) is 0 Å². The molecule has 3 atom stereocenters. The maximum atomic E-state index is 15.5. The minimum Gasteiger partial charge on any atom is -0.477 e. The zero-order valence-electron chi connectivity index (χ0n) is 18.1. The van der Waals surface area contributed by atoms with Crippen molar-refractivity contribution in [1.82, 2.24) is 9.55 Å². The van der Waals surface area contributed by atoms with Crippen molar-refractivity contribution in [3.63, 3.8) is 0 Å². The summed E-state index contributed by atoms with van der Waals surface area (Å²) in [4.78, 5) is 18.6. The first-order valence-corrected chi connectivity index (χ1v) is 11.6. The molecule has 2 aromatic carbocycles. The van der Waals surface area contributed by atoms with Crippen LogP contribution < -0.4 is 10.3 Å². The summed E-state index contributed by atoms with van der Waals surface area (Å²) in [7, 11) is 0. The number of ether oxygens (including phenoxy) is 1. The molecule has 2 aromatic heterocycles. The Hall–Kier alpha value is -3.49. The molecule has 0 saturated carbocycles. The van der Waals surface area contributed by atoms with E-state index in [0.29, 0.717) is 41.2 Å². The highest BCUT2D eigenvalue weighted by atomic mass is 35.5. The quantitative estimate of drug-likeness (QED) is 0.447. The summed E-state index contributed by atoms with van der Waals surface area (Å²) in [5.41, 5.74) is -4.10. The summed E-state index contributed by atoms with van der Waals surface area (Å²) >= 11 is 6.15. The van der Waals surface area contributed by atoms with Crippen LogP contribution in [0.15, 0.2) is 64.0 Å². The molecule has 7 rings (SSSR count). The van der Waals surface area contributed by atoms with Crippen molar-refractivity contribution in [2.75, 3.05) is 0 Å². The van der Waals surface area contributed by atoms with Gasteiger partial charge in [0, 0.05) is 35.7 Å². The van der Waals surface area contributed by atoms with Gasteiger partial charge in [0.1, 0.15) is 29.0 Å². The highest BCUT2D eigenvalue weighted by Gasteiger charge is 2.74. The molecule has 1 N–H and O–H groups in total. The summed E-state index contributed by atoms with van der Waals surface area (Å²) in [5.74, 6) is -2.19. The number of rotatable bonds is 2. The van der Waals surface area contributed by atoms with Crippen molar-refractivity contribution in [3.8, 4) is 5.75 Å². The average molecular weight is 495 g/mol. The molecular formula is C26H17ClF2N2O4. The maximum absolute atomic E-state index is 15.5. The number of aryl methyl sites for hydroxylation is 1. The van der Waals surface area contributed by atoms with E-state index in [4.69, 9.17) is 25.7 Å². The zero-order chi connectivity index (χ0) is 24.1. The van der Waals surface area contributed by atoms with Gasteiger partial charge in [0.05, 0.1) is 29.0 Å². The molecule has 4 aromatic rings. The fourth-order valence-electron chi connectivity index (χ4n) is 6.08. The van der Waals surface area contributed by atoms with E-state index in [1.807, 2.05) is 0 Å². The third-order valence-electron chi connectivity index (χ3n) is 7.39. The normalized spacial score (nSPS) is 25.7. The lowest BCUT2D eigenvalue weighted by atomic mass is 9.71. The predicted octanol–water partition coefficient (Wildman–Crippen LogP) is 4.38. The van der Waals surface area contributed by atoms with E-state index in [-0.39, 0.29) is 28.1 Å². The molecule has 4 heterocycles. The number of hydrogen-bond donors (Lipinski definition) is 1. The molecule has 6 nitrogen and oxygen atoms in total. The van der Waals surface area contributed by atoms with Crippen LogP contribution in [0.25, 0.3) is 0 Å². The Labute approximate surface area is 202 Å². The number of furan rings is 1. The van der Waals surface area contributed by atoms with E-state index < -0.39 is 28.8 Å². The number of hydrogen-bond acceptors (Lipinski definition) is 5. The second kappa shape index (κ2) is 6.80. The van der Waals surface area contributed by atoms with Crippen molar-refractivity contribution in [2.45, 2.75) is 36.5 Å². The molecule has 1 aliphatic carbocycles. The van der Waals surface area contributed by atoms with Crippen molar-refractivity contribution >= 4 is 11.6 Å². The predicted molar refractivity (Wildman–Crippen MR) is 120 cm³/mol. The number of nitrogens with zero attached hydrogens (tertiary/aromatic N) is 2. The Morgan fingerprint density at radius 1 is 1.17 bits per heavy atom. The van der Waals surface area contributed by atoms with Gasteiger partial charge in [-0.05, 0) is 30.7 Å². The van der Waals surface area contributed by atoms with E-state index in [9.17, 15) is 14.3 Å². The topological polar surface area (TPSA) is 77.5 Å². The van der Waals surface area contributed by atoms with Gasteiger partial charge in [-0.15, -0.1) is 0 Å². The van der Waals surface area contributed by atoms with Gasteiger partial charge in [0.25, 0.3) is 5.56 Å². The SMILES string of the molecule is O=c1c2c(nc3n1CCC3)[C@@]1(O)c3c(F)cc(F)cc3O[C@@]1(c1ccc(Cl)cc1)[C@@H]2c1ccco1. The number of aliphatic hydroxyl groups is 1. The zero-order valence-corrected chi connectivity index (χ0v) is 18.9. The molecular weight excluding hydrogens is 478 g/mol. The van der Waals surface area contributed by atoms with Crippen LogP contribution in [0.3, 0.4) is 0 Å². The van der Waals surface area contributed by atoms with Crippen LogP contribution in [0.2, 0.25) is 5.02 Å². The molecule has 0 unspecified atom stereocenters. The van der Waals surface area contributed by atoms with Crippen LogP contribution in [0, 0.1) is 11.6 Å². The highest BCUT2D eigenvalue weighted by molar-refractivity contribution is 6.30. The summed E-state index contributed by atoms with van der Waals surface area (Å²) in [5, 5.41) is 13.1. The van der Waals surface area contributed by atoms with Crippen LogP contribution in [0.1, 0.15) is 46.3 Å². The first kappa shape index (κ1) is 20.8. The number of fused-ring (bicyclic) bond motifs is 6. The molecule has 0 bridgehead atoms. The standard InChI is InChI=1S/C26H17ClF2N2O4/c27-14-7-5-13(6-8-14)26-22(17-3-2-10-34-17)20-23(30-19-4-1-9-31(19)24(20)32)25(26,33)21-16(29)11-15(28)12-18(21)35-26/h2-3,5-8,10-12,22,33H,1,4,9H2/t22-,25+,26+/m1/s1. The number of aromatic nitrogens is 2. The Kier molecular flexibility index (Phi) is 4.05. The summed E-state index contributed by atoms with van der Waals surface area (Å²) < 4.78 is 43.5. The fraction of sp³-hybridized carbons (Fsp3) is 0.231. The molecule has 3 aliphatic rings. The van der Waals surface area contributed by atoms with Crippen LogP contribution in [0.4, 0.5) is 8.78 Å². The van der Waals surface area contributed by atoms with E-state index in [1.165, 1.54) is 6.26 Å². The van der Waals surface area contributed by atoms with E-state index in [2.05, 4.69) is 0 Å². The Bertz CT molecular complexity index is 1580. The molecule has 0 fully saturated rings. The monoisotopic (exact) mass is 494 g/mol. The lowest BCUT2D eigenvalue weighted by molar-refractivity contribution is -0.0940. The molecule has 0 radical (unpaired) electrons. The van der Waals surface area contributed by atoms with Crippen molar-refractivity contribution in [2.24, 2.45) is 0 Å². The third-order valence-corrected chi connectivity index (χ3v) is 7.64. The van der Waals surface area contributed by atoms with Gasteiger partial charge < -0.3 is 14.3 Å². The second-order valence-corrected chi connectivity index (χ2v) is 9.55. The van der Waals surface area contributed by atoms with E-state index in [0.717, 1.165) is 12.5 Å². The molecule has 35 heavy (non-hydrogen) atoms. The van der Waals surface area contributed by atoms with Gasteiger partial charge in [0.15, 0.2) is 11.2 Å². The van der Waals surface area contributed by atoms with Gasteiger partial charge in [0.2, 0.25) is 0 Å². The van der Waals surface area contributed by atoms with Gasteiger partial charge in [-0.25, -0.2) is 13.8 Å². The molecule has 2 aliphatic heterocycles. The number of halogens is 3. The largest absolute Gasteiger partial charge is 0.477 e. The van der Waals surface area contributed by atoms with Gasteiger partial charge in [-0.3, -0.25) is 9.36 Å². The maximum Gasteiger partial charge on any atom is 0.258 e. The molecule has 176 valence electrons. The van der Waals surface area contributed by atoms with Gasteiger partial charge >= 0.3 is 0 Å².